The van der Waals surface area contributed by atoms with Gasteiger partial charge in [-0.15, -0.1) is 0 Å². The van der Waals surface area contributed by atoms with Crippen LogP contribution < -0.4 is 5.73 Å². The summed E-state index contributed by atoms with van der Waals surface area (Å²) in [6.45, 7) is 10.1. The molecule has 1 saturated heterocycles. The van der Waals surface area contributed by atoms with E-state index >= 15 is 0 Å². The molecule has 1 fully saturated rings. The second-order valence-electron chi connectivity index (χ2n) is 6.20. The molecule has 112 valence electrons. The van der Waals surface area contributed by atoms with E-state index in [2.05, 4.69) is 13.8 Å². The maximum absolute atomic E-state index is 12.6. The lowest BCUT2D eigenvalue weighted by molar-refractivity contribution is -0.163. The van der Waals surface area contributed by atoms with Crippen LogP contribution in [-0.4, -0.2) is 42.1 Å². The lowest BCUT2D eigenvalue weighted by Crippen LogP contribution is -2.57. The Bertz CT molecular complexity index is 292. The zero-order valence-corrected chi connectivity index (χ0v) is 12.9. The summed E-state index contributed by atoms with van der Waals surface area (Å²) >= 11 is 0. The van der Waals surface area contributed by atoms with E-state index < -0.39 is 0 Å². The normalized spacial score (nSPS) is 24.3. The number of carbonyl (C=O) groups is 1. The van der Waals surface area contributed by atoms with E-state index in [0.29, 0.717) is 19.6 Å². The number of unbranched alkanes of at least 4 members (excludes halogenated alkanes) is 1. The zero-order valence-electron chi connectivity index (χ0n) is 12.9. The first kappa shape index (κ1) is 16.4. The summed E-state index contributed by atoms with van der Waals surface area (Å²) in [6.07, 6.45) is 4.15. The second-order valence-corrected chi connectivity index (χ2v) is 6.20. The molecular weight excluding hydrogens is 240 g/mol. The molecule has 0 aliphatic carbocycles. The maximum atomic E-state index is 12.6. The molecule has 0 aromatic carbocycles. The van der Waals surface area contributed by atoms with Crippen LogP contribution in [0.15, 0.2) is 0 Å². The van der Waals surface area contributed by atoms with Gasteiger partial charge in [-0.2, -0.15) is 0 Å². The van der Waals surface area contributed by atoms with Crippen molar-refractivity contribution in [1.82, 2.24) is 4.90 Å². The van der Waals surface area contributed by atoms with Crippen LogP contribution in [0.25, 0.3) is 0 Å². The Morgan fingerprint density at radius 1 is 1.47 bits per heavy atom. The van der Waals surface area contributed by atoms with Gasteiger partial charge < -0.3 is 15.4 Å². The van der Waals surface area contributed by atoms with E-state index in [1.165, 1.54) is 0 Å². The number of carbonyl (C=O) groups excluding carboxylic acids is 1. The van der Waals surface area contributed by atoms with Crippen molar-refractivity contribution >= 4 is 5.91 Å². The summed E-state index contributed by atoms with van der Waals surface area (Å²) in [5.74, 6) is 0.443. The third-order valence-electron chi connectivity index (χ3n) is 3.80. The predicted molar refractivity (Wildman–Crippen MR) is 77.9 cm³/mol. The molecule has 4 nitrogen and oxygen atoms in total. The highest BCUT2D eigenvalue weighted by atomic mass is 16.5. The molecule has 19 heavy (non-hydrogen) atoms. The van der Waals surface area contributed by atoms with Crippen LogP contribution in [-0.2, 0) is 9.53 Å². The lowest BCUT2D eigenvalue weighted by Gasteiger charge is -2.43. The van der Waals surface area contributed by atoms with E-state index in [0.717, 1.165) is 25.7 Å². The fourth-order valence-electron chi connectivity index (χ4n) is 2.80. The molecule has 0 bridgehead atoms. The van der Waals surface area contributed by atoms with E-state index in [-0.39, 0.29) is 23.5 Å². The average Bonchev–Trinajstić information content (AvgIpc) is 2.37. The summed E-state index contributed by atoms with van der Waals surface area (Å²) in [6, 6.07) is 0. The first-order valence-corrected chi connectivity index (χ1v) is 7.60. The van der Waals surface area contributed by atoms with Crippen LogP contribution in [0.1, 0.15) is 53.4 Å². The lowest BCUT2D eigenvalue weighted by atomic mass is 9.95. The highest BCUT2D eigenvalue weighted by molar-refractivity contribution is 5.79. The monoisotopic (exact) mass is 270 g/mol. The zero-order chi connectivity index (χ0) is 14.5. The van der Waals surface area contributed by atoms with E-state index in [4.69, 9.17) is 10.5 Å². The molecule has 0 saturated carbocycles. The minimum atomic E-state index is -0.291. The summed E-state index contributed by atoms with van der Waals surface area (Å²) in [5.41, 5.74) is 5.42. The van der Waals surface area contributed by atoms with E-state index in [9.17, 15) is 4.79 Å². The van der Waals surface area contributed by atoms with Gasteiger partial charge in [0, 0.05) is 25.6 Å². The van der Waals surface area contributed by atoms with Gasteiger partial charge in [-0.25, -0.2) is 0 Å². The fourth-order valence-corrected chi connectivity index (χ4v) is 2.80. The molecule has 0 aromatic heterocycles. The van der Waals surface area contributed by atoms with Gasteiger partial charge in [0.05, 0.1) is 11.7 Å². The summed E-state index contributed by atoms with van der Waals surface area (Å²) < 4.78 is 5.88. The van der Waals surface area contributed by atoms with Gasteiger partial charge in [0.25, 0.3) is 0 Å². The van der Waals surface area contributed by atoms with Gasteiger partial charge in [0.1, 0.15) is 0 Å². The molecule has 2 atom stereocenters. The quantitative estimate of drug-likeness (QED) is 0.804. The number of rotatable bonds is 6. The van der Waals surface area contributed by atoms with E-state index in [1.807, 2.05) is 18.7 Å². The predicted octanol–water partition coefficient (Wildman–Crippen LogP) is 2.17. The Hall–Kier alpha value is -0.610. The first-order valence-electron chi connectivity index (χ1n) is 7.60. The van der Waals surface area contributed by atoms with Crippen LogP contribution in [0.2, 0.25) is 0 Å². The molecule has 1 aliphatic heterocycles. The smallest absolute Gasteiger partial charge is 0.225 e. The molecule has 1 amide bonds. The Kier molecular flexibility index (Phi) is 6.27. The van der Waals surface area contributed by atoms with Crippen LogP contribution in [0.3, 0.4) is 0 Å². The number of ether oxygens (including phenoxy) is 1. The van der Waals surface area contributed by atoms with Crippen molar-refractivity contribution in [3.63, 3.8) is 0 Å². The standard InChI is InChI=1S/C15H30N2O2/c1-5-7-8-12(6-2)14(18)17-10-13(9-16)19-15(3,4)11-17/h12-13H,5-11,16H2,1-4H3. The largest absolute Gasteiger partial charge is 0.367 e. The fraction of sp³-hybridized carbons (Fsp3) is 0.933. The van der Waals surface area contributed by atoms with Crippen molar-refractivity contribution in [3.05, 3.63) is 0 Å². The van der Waals surface area contributed by atoms with Crippen LogP contribution in [0.5, 0.6) is 0 Å². The van der Waals surface area contributed by atoms with Crippen molar-refractivity contribution in [1.29, 1.82) is 0 Å². The number of nitrogens with zero attached hydrogens (tertiary/aromatic N) is 1. The second kappa shape index (κ2) is 7.25. The molecule has 2 unspecified atom stereocenters. The van der Waals surface area contributed by atoms with Crippen molar-refractivity contribution in [3.8, 4) is 0 Å². The molecule has 1 heterocycles. The SMILES string of the molecule is CCCCC(CC)C(=O)N1CC(CN)OC(C)(C)C1. The maximum Gasteiger partial charge on any atom is 0.225 e. The summed E-state index contributed by atoms with van der Waals surface area (Å²) in [5, 5.41) is 0. The molecule has 0 spiro atoms. The third kappa shape index (κ3) is 4.77. The van der Waals surface area contributed by atoms with Crippen molar-refractivity contribution in [2.45, 2.75) is 65.1 Å². The number of hydrogen-bond acceptors (Lipinski definition) is 3. The molecule has 1 aliphatic rings. The van der Waals surface area contributed by atoms with Gasteiger partial charge in [-0.05, 0) is 26.7 Å². The Morgan fingerprint density at radius 2 is 2.16 bits per heavy atom. The Morgan fingerprint density at radius 3 is 2.68 bits per heavy atom. The number of hydrogen-bond donors (Lipinski definition) is 1. The van der Waals surface area contributed by atoms with Gasteiger partial charge in [-0.1, -0.05) is 26.7 Å². The van der Waals surface area contributed by atoms with Crippen LogP contribution >= 0.6 is 0 Å². The van der Waals surface area contributed by atoms with Gasteiger partial charge in [0.15, 0.2) is 0 Å². The molecule has 2 N–H and O–H groups in total. The Labute approximate surface area is 117 Å². The highest BCUT2D eigenvalue weighted by Gasteiger charge is 2.36. The average molecular weight is 270 g/mol. The van der Waals surface area contributed by atoms with Gasteiger partial charge in [-0.3, -0.25) is 4.79 Å². The molecule has 0 aromatic rings. The first-order chi connectivity index (χ1) is 8.93. The van der Waals surface area contributed by atoms with Gasteiger partial charge in [0.2, 0.25) is 5.91 Å². The highest BCUT2D eigenvalue weighted by Crippen LogP contribution is 2.24. The van der Waals surface area contributed by atoms with Crippen LogP contribution in [0, 0.1) is 5.92 Å². The molecule has 1 rings (SSSR count). The van der Waals surface area contributed by atoms with Crippen molar-refractivity contribution < 1.29 is 9.53 Å². The summed E-state index contributed by atoms with van der Waals surface area (Å²) in [7, 11) is 0. The van der Waals surface area contributed by atoms with Crippen LogP contribution in [0.4, 0.5) is 0 Å². The molecule has 0 radical (unpaired) electrons. The number of amides is 1. The van der Waals surface area contributed by atoms with Crippen molar-refractivity contribution in [2.75, 3.05) is 19.6 Å². The third-order valence-corrected chi connectivity index (χ3v) is 3.80. The van der Waals surface area contributed by atoms with Gasteiger partial charge >= 0.3 is 0 Å². The molecule has 4 heteroatoms. The molecular formula is C15H30N2O2. The Balaban J connectivity index is 2.68. The number of nitrogens with two attached hydrogens (primary N) is 1. The summed E-state index contributed by atoms with van der Waals surface area (Å²) in [4.78, 5) is 14.6. The van der Waals surface area contributed by atoms with E-state index in [1.54, 1.807) is 0 Å². The topological polar surface area (TPSA) is 55.6 Å². The minimum Gasteiger partial charge on any atom is -0.367 e. The minimum absolute atomic E-state index is 0.0311. The number of morpholine rings is 1. The van der Waals surface area contributed by atoms with Crippen molar-refractivity contribution in [2.24, 2.45) is 11.7 Å².